The SMILES string of the molecule is Cc1ccc(Cn2c(-c3ccc(Br)s3)cc(C(F)(F)F)c(C#N)c2=O)c(C)c1. The van der Waals surface area contributed by atoms with Crippen molar-refractivity contribution in [3.63, 3.8) is 0 Å². The predicted molar refractivity (Wildman–Crippen MR) is 106 cm³/mol. The van der Waals surface area contributed by atoms with Gasteiger partial charge in [0.25, 0.3) is 5.56 Å². The number of nitrogens with zero attached hydrogens (tertiary/aromatic N) is 2. The summed E-state index contributed by atoms with van der Waals surface area (Å²) in [7, 11) is 0. The molecule has 3 aromatic rings. The van der Waals surface area contributed by atoms with Gasteiger partial charge in [0.05, 0.1) is 26.5 Å². The van der Waals surface area contributed by atoms with Crippen molar-refractivity contribution in [1.82, 2.24) is 4.57 Å². The molecular formula is C20H14BrF3N2OS. The monoisotopic (exact) mass is 466 g/mol. The molecule has 3 rings (SSSR count). The predicted octanol–water partition coefficient (Wildman–Crippen LogP) is 5.89. The molecule has 28 heavy (non-hydrogen) atoms. The van der Waals surface area contributed by atoms with Gasteiger partial charge < -0.3 is 4.57 Å². The lowest BCUT2D eigenvalue weighted by Crippen LogP contribution is -2.28. The Bertz CT molecular complexity index is 1160. The van der Waals surface area contributed by atoms with Crippen LogP contribution in [0.15, 0.2) is 45.0 Å². The van der Waals surface area contributed by atoms with Gasteiger partial charge in [0.1, 0.15) is 11.6 Å². The van der Waals surface area contributed by atoms with E-state index >= 15 is 0 Å². The number of pyridine rings is 1. The second kappa shape index (κ2) is 7.57. The van der Waals surface area contributed by atoms with Crippen LogP contribution in [0.4, 0.5) is 13.2 Å². The third-order valence-corrected chi connectivity index (χ3v) is 6.02. The van der Waals surface area contributed by atoms with Crippen LogP contribution in [0.3, 0.4) is 0 Å². The molecule has 3 nitrogen and oxygen atoms in total. The lowest BCUT2D eigenvalue weighted by atomic mass is 10.0. The number of benzene rings is 1. The van der Waals surface area contributed by atoms with Crippen molar-refractivity contribution in [3.05, 3.63) is 78.4 Å². The summed E-state index contributed by atoms with van der Waals surface area (Å²) in [5.41, 5.74) is -0.158. The summed E-state index contributed by atoms with van der Waals surface area (Å²) in [6.07, 6.45) is -4.80. The molecule has 0 saturated carbocycles. The molecule has 0 spiro atoms. The van der Waals surface area contributed by atoms with Crippen LogP contribution in [0.5, 0.6) is 0 Å². The van der Waals surface area contributed by atoms with E-state index in [9.17, 15) is 23.2 Å². The van der Waals surface area contributed by atoms with Crippen molar-refractivity contribution in [1.29, 1.82) is 5.26 Å². The first-order valence-electron chi connectivity index (χ1n) is 8.18. The Hall–Kier alpha value is -2.37. The highest BCUT2D eigenvalue weighted by atomic mass is 79.9. The van der Waals surface area contributed by atoms with Crippen molar-refractivity contribution in [2.45, 2.75) is 26.6 Å². The minimum absolute atomic E-state index is 0.0720. The van der Waals surface area contributed by atoms with Gasteiger partial charge in [0.2, 0.25) is 0 Å². The highest BCUT2D eigenvalue weighted by Gasteiger charge is 2.36. The second-order valence-corrected chi connectivity index (χ2v) is 8.82. The Morgan fingerprint density at radius 1 is 1.18 bits per heavy atom. The van der Waals surface area contributed by atoms with Crippen molar-refractivity contribution in [2.24, 2.45) is 0 Å². The lowest BCUT2D eigenvalue weighted by Gasteiger charge is -2.17. The van der Waals surface area contributed by atoms with E-state index in [1.807, 2.05) is 32.0 Å². The van der Waals surface area contributed by atoms with Gasteiger partial charge in [-0.2, -0.15) is 18.4 Å². The number of hydrogen-bond donors (Lipinski definition) is 0. The first-order valence-corrected chi connectivity index (χ1v) is 9.79. The molecule has 8 heteroatoms. The number of nitriles is 1. The highest BCUT2D eigenvalue weighted by molar-refractivity contribution is 9.11. The summed E-state index contributed by atoms with van der Waals surface area (Å²) in [6, 6.07) is 11.4. The molecule has 0 atom stereocenters. The third kappa shape index (κ3) is 3.91. The molecule has 0 unspecified atom stereocenters. The topological polar surface area (TPSA) is 45.8 Å². The molecule has 2 heterocycles. The van der Waals surface area contributed by atoms with Gasteiger partial charge in [-0.25, -0.2) is 0 Å². The van der Waals surface area contributed by atoms with E-state index in [0.717, 1.165) is 26.5 Å². The van der Waals surface area contributed by atoms with E-state index in [-0.39, 0.29) is 12.2 Å². The summed E-state index contributed by atoms with van der Waals surface area (Å²) in [6.45, 7) is 3.89. The molecule has 0 aliphatic heterocycles. The van der Waals surface area contributed by atoms with Crippen LogP contribution in [-0.4, -0.2) is 4.57 Å². The summed E-state index contributed by atoms with van der Waals surface area (Å²) < 4.78 is 42.4. The number of thiophene rings is 1. The zero-order valence-electron chi connectivity index (χ0n) is 14.9. The van der Waals surface area contributed by atoms with Gasteiger partial charge in [-0.15, -0.1) is 11.3 Å². The molecule has 0 bridgehead atoms. The number of aryl methyl sites for hydroxylation is 2. The normalized spacial score (nSPS) is 11.5. The quantitative estimate of drug-likeness (QED) is 0.482. The fourth-order valence-corrected chi connectivity index (χ4v) is 4.40. The molecule has 0 radical (unpaired) electrons. The third-order valence-electron chi connectivity index (χ3n) is 4.37. The van der Waals surface area contributed by atoms with Crippen LogP contribution in [0, 0.1) is 25.2 Å². The molecule has 0 amide bonds. The van der Waals surface area contributed by atoms with E-state index in [1.165, 1.54) is 22.0 Å². The van der Waals surface area contributed by atoms with E-state index in [1.54, 1.807) is 12.1 Å². The van der Waals surface area contributed by atoms with Crippen molar-refractivity contribution >= 4 is 27.3 Å². The Morgan fingerprint density at radius 3 is 2.43 bits per heavy atom. The van der Waals surface area contributed by atoms with Crippen molar-refractivity contribution < 1.29 is 13.2 Å². The number of halogens is 4. The first-order chi connectivity index (χ1) is 13.1. The number of aromatic nitrogens is 1. The molecule has 0 aliphatic rings. The maximum absolute atomic E-state index is 13.5. The summed E-state index contributed by atoms with van der Waals surface area (Å²) in [5, 5.41) is 9.24. The van der Waals surface area contributed by atoms with Gasteiger partial charge in [0.15, 0.2) is 0 Å². The van der Waals surface area contributed by atoms with Crippen molar-refractivity contribution in [3.8, 4) is 16.6 Å². The van der Waals surface area contributed by atoms with Crippen LogP contribution in [-0.2, 0) is 12.7 Å². The van der Waals surface area contributed by atoms with Crippen LogP contribution in [0.1, 0.15) is 27.8 Å². The average Bonchev–Trinajstić information content (AvgIpc) is 3.03. The zero-order chi connectivity index (χ0) is 20.6. The molecule has 1 aromatic carbocycles. The van der Waals surface area contributed by atoms with E-state index < -0.39 is 22.9 Å². The van der Waals surface area contributed by atoms with Crippen LogP contribution < -0.4 is 5.56 Å². The number of hydrogen-bond acceptors (Lipinski definition) is 3. The zero-order valence-corrected chi connectivity index (χ0v) is 17.3. The Labute approximate surface area is 171 Å². The van der Waals surface area contributed by atoms with E-state index in [2.05, 4.69) is 15.9 Å². The Kier molecular flexibility index (Phi) is 5.50. The minimum atomic E-state index is -4.80. The maximum Gasteiger partial charge on any atom is 0.417 e. The van der Waals surface area contributed by atoms with Gasteiger partial charge in [0, 0.05) is 0 Å². The van der Waals surface area contributed by atoms with Crippen LogP contribution in [0.25, 0.3) is 10.6 Å². The lowest BCUT2D eigenvalue weighted by molar-refractivity contribution is -0.137. The number of rotatable bonds is 3. The average molecular weight is 467 g/mol. The fraction of sp³-hybridized carbons (Fsp3) is 0.200. The summed E-state index contributed by atoms with van der Waals surface area (Å²) in [5.74, 6) is 0. The number of alkyl halides is 3. The summed E-state index contributed by atoms with van der Waals surface area (Å²) in [4.78, 5) is 13.4. The van der Waals surface area contributed by atoms with Gasteiger partial charge >= 0.3 is 6.18 Å². The molecule has 0 N–H and O–H groups in total. The van der Waals surface area contributed by atoms with Gasteiger partial charge in [-0.3, -0.25) is 4.79 Å². The largest absolute Gasteiger partial charge is 0.417 e. The minimum Gasteiger partial charge on any atom is -0.302 e. The molecule has 0 saturated heterocycles. The molecule has 0 aliphatic carbocycles. The fourth-order valence-electron chi connectivity index (χ4n) is 2.98. The highest BCUT2D eigenvalue weighted by Crippen LogP contribution is 2.36. The molecule has 0 fully saturated rings. The molecule has 2 aromatic heterocycles. The van der Waals surface area contributed by atoms with Gasteiger partial charge in [-0.1, -0.05) is 23.8 Å². The van der Waals surface area contributed by atoms with E-state index in [0.29, 0.717) is 4.88 Å². The Morgan fingerprint density at radius 2 is 1.89 bits per heavy atom. The summed E-state index contributed by atoms with van der Waals surface area (Å²) >= 11 is 4.52. The standard InChI is InChI=1S/C20H14BrF3N2OS/c1-11-3-4-13(12(2)7-11)10-26-16(17-5-6-18(21)28-17)8-15(20(22,23)24)14(9-25)19(26)27/h3-8H,10H2,1-2H3. The van der Waals surface area contributed by atoms with Crippen molar-refractivity contribution in [2.75, 3.05) is 0 Å². The van der Waals surface area contributed by atoms with Crippen LogP contribution in [0.2, 0.25) is 0 Å². The smallest absolute Gasteiger partial charge is 0.302 e. The van der Waals surface area contributed by atoms with E-state index in [4.69, 9.17) is 0 Å². The first kappa shape index (κ1) is 20.4. The second-order valence-electron chi connectivity index (χ2n) is 6.35. The molecular weight excluding hydrogens is 453 g/mol. The van der Waals surface area contributed by atoms with Gasteiger partial charge in [-0.05, 0) is 59.1 Å². The maximum atomic E-state index is 13.5. The molecule has 144 valence electrons. The van der Waals surface area contributed by atoms with Crippen LogP contribution >= 0.6 is 27.3 Å². The Balaban J connectivity index is 2.31.